The molecule has 21 heavy (non-hydrogen) atoms. The van der Waals surface area contributed by atoms with E-state index in [1.165, 1.54) is 7.11 Å². The van der Waals surface area contributed by atoms with Gasteiger partial charge < -0.3 is 9.84 Å². The standard InChI is InChI=1S/C12H18N2O6S/c1-8(2)10(7-15)13-21(18,19)12-5-4-9(14(16)17)6-11(12)20-3/h4-6,8,10,13,15H,7H2,1-3H3/t10-/m1/s1. The van der Waals surface area contributed by atoms with E-state index < -0.39 is 21.0 Å². The number of sulfonamides is 1. The second-order valence-electron chi connectivity index (χ2n) is 4.75. The van der Waals surface area contributed by atoms with Gasteiger partial charge in [0.25, 0.3) is 5.69 Å². The maximum Gasteiger partial charge on any atom is 0.273 e. The number of nitrogens with one attached hydrogen (secondary N) is 1. The van der Waals surface area contributed by atoms with Crippen molar-refractivity contribution in [3.05, 3.63) is 28.3 Å². The average Bonchev–Trinajstić information content (AvgIpc) is 2.43. The summed E-state index contributed by atoms with van der Waals surface area (Å²) >= 11 is 0. The molecule has 0 saturated heterocycles. The Labute approximate surface area is 122 Å². The van der Waals surface area contributed by atoms with E-state index in [0.29, 0.717) is 0 Å². The topological polar surface area (TPSA) is 119 Å². The van der Waals surface area contributed by atoms with Crippen LogP contribution in [0.3, 0.4) is 0 Å². The Hall–Kier alpha value is -1.71. The van der Waals surface area contributed by atoms with Gasteiger partial charge in [-0.2, -0.15) is 0 Å². The molecule has 9 heteroatoms. The second-order valence-corrected chi connectivity index (χ2v) is 6.43. The minimum absolute atomic E-state index is 0.117. The van der Waals surface area contributed by atoms with E-state index in [0.717, 1.165) is 18.2 Å². The third-order valence-electron chi connectivity index (χ3n) is 2.96. The van der Waals surface area contributed by atoms with Crippen LogP contribution in [0.4, 0.5) is 5.69 Å². The van der Waals surface area contributed by atoms with Crippen LogP contribution in [-0.4, -0.2) is 38.2 Å². The zero-order chi connectivity index (χ0) is 16.2. The highest BCUT2D eigenvalue weighted by Gasteiger charge is 2.26. The molecule has 1 aromatic rings. The maximum atomic E-state index is 12.3. The lowest BCUT2D eigenvalue weighted by Crippen LogP contribution is -2.41. The number of nitro groups is 1. The number of non-ortho nitro benzene ring substituents is 1. The van der Waals surface area contributed by atoms with Gasteiger partial charge in [-0.25, -0.2) is 13.1 Å². The van der Waals surface area contributed by atoms with Gasteiger partial charge in [0.15, 0.2) is 0 Å². The number of aliphatic hydroxyl groups excluding tert-OH is 1. The van der Waals surface area contributed by atoms with Crippen LogP contribution >= 0.6 is 0 Å². The van der Waals surface area contributed by atoms with Crippen molar-refractivity contribution in [2.24, 2.45) is 5.92 Å². The van der Waals surface area contributed by atoms with E-state index in [4.69, 9.17) is 4.74 Å². The fourth-order valence-corrected chi connectivity index (χ4v) is 3.17. The van der Waals surface area contributed by atoms with Gasteiger partial charge in [0.05, 0.1) is 24.7 Å². The lowest BCUT2D eigenvalue weighted by atomic mass is 10.1. The minimum Gasteiger partial charge on any atom is -0.495 e. The first-order valence-electron chi connectivity index (χ1n) is 6.18. The summed E-state index contributed by atoms with van der Waals surface area (Å²) in [6.45, 7) is 3.17. The third kappa shape index (κ3) is 4.13. The van der Waals surface area contributed by atoms with Crippen molar-refractivity contribution in [1.82, 2.24) is 4.72 Å². The number of aliphatic hydroxyl groups is 1. The largest absolute Gasteiger partial charge is 0.495 e. The number of nitro benzene ring substituents is 1. The molecule has 2 N–H and O–H groups in total. The summed E-state index contributed by atoms with van der Waals surface area (Å²) in [6.07, 6.45) is 0. The van der Waals surface area contributed by atoms with Gasteiger partial charge in [-0.1, -0.05) is 13.8 Å². The van der Waals surface area contributed by atoms with Crippen LogP contribution in [0.5, 0.6) is 5.75 Å². The summed E-state index contributed by atoms with van der Waals surface area (Å²) in [7, 11) is -2.73. The van der Waals surface area contributed by atoms with Crippen LogP contribution in [0.25, 0.3) is 0 Å². The molecule has 0 unspecified atom stereocenters. The number of rotatable bonds is 7. The van der Waals surface area contributed by atoms with Crippen molar-refractivity contribution in [3.8, 4) is 5.75 Å². The summed E-state index contributed by atoms with van der Waals surface area (Å²) in [6, 6.07) is 2.57. The van der Waals surface area contributed by atoms with Crippen LogP contribution in [0.15, 0.2) is 23.1 Å². The Kier molecular flexibility index (Phi) is 5.64. The smallest absolute Gasteiger partial charge is 0.273 e. The molecule has 0 radical (unpaired) electrons. The molecular formula is C12H18N2O6S. The summed E-state index contributed by atoms with van der Waals surface area (Å²) in [5.74, 6) is -0.244. The van der Waals surface area contributed by atoms with Crippen molar-refractivity contribution in [2.75, 3.05) is 13.7 Å². The summed E-state index contributed by atoms with van der Waals surface area (Å²) in [4.78, 5) is 9.84. The second kappa shape index (κ2) is 6.83. The highest BCUT2D eigenvalue weighted by Crippen LogP contribution is 2.28. The summed E-state index contributed by atoms with van der Waals surface area (Å²) in [5.41, 5.74) is -0.270. The molecule has 0 fully saturated rings. The Bertz CT molecular complexity index is 614. The lowest BCUT2D eigenvalue weighted by molar-refractivity contribution is -0.385. The van der Waals surface area contributed by atoms with Crippen molar-refractivity contribution < 1.29 is 23.2 Å². The van der Waals surface area contributed by atoms with E-state index >= 15 is 0 Å². The molecule has 118 valence electrons. The highest BCUT2D eigenvalue weighted by atomic mass is 32.2. The summed E-state index contributed by atoms with van der Waals surface area (Å²) in [5, 5.41) is 19.9. The van der Waals surface area contributed by atoms with Gasteiger partial charge >= 0.3 is 0 Å². The van der Waals surface area contributed by atoms with Crippen LogP contribution in [0.1, 0.15) is 13.8 Å². The van der Waals surface area contributed by atoms with Gasteiger partial charge in [0.1, 0.15) is 10.6 Å². The van der Waals surface area contributed by atoms with Gasteiger partial charge in [-0.3, -0.25) is 10.1 Å². The number of hydrogen-bond donors (Lipinski definition) is 2. The monoisotopic (exact) mass is 318 g/mol. The van der Waals surface area contributed by atoms with Crippen molar-refractivity contribution in [1.29, 1.82) is 0 Å². The fraction of sp³-hybridized carbons (Fsp3) is 0.500. The summed E-state index contributed by atoms with van der Waals surface area (Å²) < 4.78 is 31.9. The van der Waals surface area contributed by atoms with Crippen molar-refractivity contribution in [2.45, 2.75) is 24.8 Å². The van der Waals surface area contributed by atoms with Gasteiger partial charge in [0.2, 0.25) is 10.0 Å². The molecule has 0 amide bonds. The molecule has 8 nitrogen and oxygen atoms in total. The van der Waals surface area contributed by atoms with E-state index in [9.17, 15) is 23.6 Å². The molecule has 1 rings (SSSR count). The quantitative estimate of drug-likeness (QED) is 0.569. The molecule has 1 aromatic carbocycles. The average molecular weight is 318 g/mol. The Morgan fingerprint density at radius 2 is 2.05 bits per heavy atom. The zero-order valence-electron chi connectivity index (χ0n) is 11.9. The van der Waals surface area contributed by atoms with Crippen LogP contribution in [-0.2, 0) is 10.0 Å². The number of ether oxygens (including phenoxy) is 1. The lowest BCUT2D eigenvalue weighted by Gasteiger charge is -2.20. The number of hydrogen-bond acceptors (Lipinski definition) is 6. The molecule has 0 bridgehead atoms. The molecular weight excluding hydrogens is 300 g/mol. The first-order valence-corrected chi connectivity index (χ1v) is 7.67. The fourth-order valence-electron chi connectivity index (χ4n) is 1.64. The van der Waals surface area contributed by atoms with Gasteiger partial charge in [0, 0.05) is 12.1 Å². The number of methoxy groups -OCH3 is 1. The Balaban J connectivity index is 3.22. The minimum atomic E-state index is -3.96. The molecule has 0 saturated carbocycles. The molecule has 0 aliphatic heterocycles. The highest BCUT2D eigenvalue weighted by molar-refractivity contribution is 7.89. The normalized spacial score (nSPS) is 13.2. The zero-order valence-corrected chi connectivity index (χ0v) is 12.8. The first-order chi connectivity index (χ1) is 9.72. The molecule has 1 atom stereocenters. The molecule has 0 aromatic heterocycles. The third-order valence-corrected chi connectivity index (χ3v) is 4.48. The van der Waals surface area contributed by atoms with E-state index in [1.807, 2.05) is 0 Å². The van der Waals surface area contributed by atoms with E-state index in [1.54, 1.807) is 13.8 Å². The van der Waals surface area contributed by atoms with Crippen molar-refractivity contribution >= 4 is 15.7 Å². The molecule has 0 aliphatic carbocycles. The molecule has 0 spiro atoms. The van der Waals surface area contributed by atoms with E-state index in [-0.39, 0.29) is 28.9 Å². The van der Waals surface area contributed by atoms with E-state index in [2.05, 4.69) is 4.72 Å². The van der Waals surface area contributed by atoms with Crippen LogP contribution in [0, 0.1) is 16.0 Å². The Morgan fingerprint density at radius 1 is 1.43 bits per heavy atom. The predicted molar refractivity (Wildman–Crippen MR) is 75.7 cm³/mol. The van der Waals surface area contributed by atoms with Gasteiger partial charge in [-0.15, -0.1) is 0 Å². The first kappa shape index (κ1) is 17.3. The number of benzene rings is 1. The SMILES string of the molecule is COc1cc([N+](=O)[O-])ccc1S(=O)(=O)N[C@H](CO)C(C)C. The molecule has 0 heterocycles. The number of nitrogens with zero attached hydrogens (tertiary/aromatic N) is 1. The molecule has 0 aliphatic rings. The van der Waals surface area contributed by atoms with Gasteiger partial charge in [-0.05, 0) is 12.0 Å². The maximum absolute atomic E-state index is 12.3. The van der Waals surface area contributed by atoms with Crippen molar-refractivity contribution in [3.63, 3.8) is 0 Å². The predicted octanol–water partition coefficient (Wildman–Crippen LogP) is 0.899. The Morgan fingerprint density at radius 3 is 2.48 bits per heavy atom. The van der Waals surface area contributed by atoms with Crippen LogP contribution in [0.2, 0.25) is 0 Å². The van der Waals surface area contributed by atoms with Crippen LogP contribution < -0.4 is 9.46 Å².